The summed E-state index contributed by atoms with van der Waals surface area (Å²) in [5, 5.41) is 3.98. The van der Waals surface area contributed by atoms with Gasteiger partial charge in [0.05, 0.1) is 12.3 Å². The molecule has 0 N–H and O–H groups in total. The van der Waals surface area contributed by atoms with Crippen LogP contribution in [0.2, 0.25) is 0 Å². The summed E-state index contributed by atoms with van der Waals surface area (Å²) in [5.41, 5.74) is 5.42. The molecule has 2 heterocycles. The number of methoxy groups -OCH3 is 1. The van der Waals surface area contributed by atoms with Gasteiger partial charge in [-0.1, -0.05) is 59.8 Å². The molecule has 4 aromatic rings. The van der Waals surface area contributed by atoms with Gasteiger partial charge in [0.15, 0.2) is 0 Å². The van der Waals surface area contributed by atoms with Crippen LogP contribution in [0, 0.1) is 13.8 Å². The van der Waals surface area contributed by atoms with Gasteiger partial charge in [0.2, 0.25) is 11.8 Å². The molecule has 1 unspecified atom stereocenters. The highest BCUT2D eigenvalue weighted by atomic mass is 16.5. The lowest BCUT2D eigenvalue weighted by molar-refractivity contribution is -0.143. The maximum absolute atomic E-state index is 13.9. The SMILES string of the molecule is COCCN(C)C(=O)C(Cc1ccccc1)N(Cc1ccc(-c2ccncc2)cc1)C(=O)C=Cc1c(C)noc1C. The topological polar surface area (TPSA) is 88.8 Å². The lowest BCUT2D eigenvalue weighted by Crippen LogP contribution is -2.51. The fourth-order valence-corrected chi connectivity index (χ4v) is 4.62. The van der Waals surface area contributed by atoms with E-state index in [9.17, 15) is 9.59 Å². The van der Waals surface area contributed by atoms with Gasteiger partial charge in [-0.3, -0.25) is 14.6 Å². The Morgan fingerprint density at radius 2 is 1.63 bits per heavy atom. The van der Waals surface area contributed by atoms with Crippen molar-refractivity contribution in [3.63, 3.8) is 0 Å². The number of hydrogen-bond donors (Lipinski definition) is 0. The van der Waals surface area contributed by atoms with Crippen LogP contribution in [0.1, 0.15) is 28.1 Å². The van der Waals surface area contributed by atoms with Gasteiger partial charge in [-0.05, 0) is 54.3 Å². The molecule has 0 spiro atoms. The van der Waals surface area contributed by atoms with Crippen LogP contribution in [0.15, 0.2) is 89.7 Å². The first-order valence-electron chi connectivity index (χ1n) is 13.6. The number of carbonyl (C=O) groups is 2. The van der Waals surface area contributed by atoms with E-state index in [2.05, 4.69) is 10.1 Å². The molecule has 4 rings (SSSR count). The average molecular weight is 553 g/mol. The van der Waals surface area contributed by atoms with Crippen LogP contribution in [0.25, 0.3) is 17.2 Å². The molecule has 2 aromatic heterocycles. The Morgan fingerprint density at radius 3 is 2.27 bits per heavy atom. The van der Waals surface area contributed by atoms with Gasteiger partial charge < -0.3 is 19.1 Å². The van der Waals surface area contributed by atoms with Crippen LogP contribution >= 0.6 is 0 Å². The lowest BCUT2D eigenvalue weighted by Gasteiger charge is -2.33. The highest BCUT2D eigenvalue weighted by Crippen LogP contribution is 2.22. The molecule has 0 saturated carbocycles. The van der Waals surface area contributed by atoms with E-state index in [1.165, 1.54) is 6.08 Å². The summed E-state index contributed by atoms with van der Waals surface area (Å²) in [6.45, 7) is 4.70. The molecule has 8 heteroatoms. The van der Waals surface area contributed by atoms with Crippen LogP contribution in [-0.4, -0.2) is 65.1 Å². The quantitative estimate of drug-likeness (QED) is 0.227. The zero-order valence-corrected chi connectivity index (χ0v) is 24.0. The molecule has 2 amide bonds. The predicted octanol–water partition coefficient (Wildman–Crippen LogP) is 5.11. The summed E-state index contributed by atoms with van der Waals surface area (Å²) in [6, 6.07) is 21.0. The van der Waals surface area contributed by atoms with Gasteiger partial charge >= 0.3 is 0 Å². The second kappa shape index (κ2) is 14.2. The Kier molecular flexibility index (Phi) is 10.2. The summed E-state index contributed by atoms with van der Waals surface area (Å²) in [6.07, 6.45) is 7.10. The Bertz CT molecular complexity index is 1430. The Morgan fingerprint density at radius 1 is 0.951 bits per heavy atom. The van der Waals surface area contributed by atoms with E-state index < -0.39 is 6.04 Å². The predicted molar refractivity (Wildman–Crippen MR) is 159 cm³/mol. The molecule has 0 bridgehead atoms. The van der Waals surface area contributed by atoms with Crippen LogP contribution < -0.4 is 0 Å². The monoisotopic (exact) mass is 552 g/mol. The molecule has 0 aliphatic heterocycles. The number of hydrogen-bond acceptors (Lipinski definition) is 6. The third-order valence-corrected chi connectivity index (χ3v) is 7.02. The zero-order chi connectivity index (χ0) is 29.2. The van der Waals surface area contributed by atoms with Gasteiger partial charge in [-0.15, -0.1) is 0 Å². The Labute approximate surface area is 241 Å². The van der Waals surface area contributed by atoms with Crippen molar-refractivity contribution in [3.8, 4) is 11.1 Å². The number of amides is 2. The molecule has 0 saturated heterocycles. The van der Waals surface area contributed by atoms with E-state index in [0.717, 1.165) is 27.8 Å². The number of likely N-dealkylation sites (N-methyl/N-ethyl adjacent to an activating group) is 1. The van der Waals surface area contributed by atoms with Crippen molar-refractivity contribution in [1.29, 1.82) is 0 Å². The number of carbonyl (C=O) groups excluding carboxylic acids is 2. The van der Waals surface area contributed by atoms with E-state index in [0.29, 0.717) is 31.0 Å². The molecule has 0 fully saturated rings. The van der Waals surface area contributed by atoms with Gasteiger partial charge in [0.1, 0.15) is 11.8 Å². The van der Waals surface area contributed by atoms with Gasteiger partial charge in [-0.2, -0.15) is 0 Å². The average Bonchev–Trinajstić information content (AvgIpc) is 3.33. The van der Waals surface area contributed by atoms with Crippen LogP contribution in [0.3, 0.4) is 0 Å². The number of nitrogens with zero attached hydrogens (tertiary/aromatic N) is 4. The van der Waals surface area contributed by atoms with E-state index in [1.54, 1.807) is 49.4 Å². The van der Waals surface area contributed by atoms with Crippen LogP contribution in [-0.2, 0) is 27.3 Å². The van der Waals surface area contributed by atoms with Crippen molar-refractivity contribution in [2.24, 2.45) is 0 Å². The number of benzene rings is 2. The van der Waals surface area contributed by atoms with Gasteiger partial charge in [-0.25, -0.2) is 0 Å². The molecular formula is C33H36N4O4. The Hall–Kier alpha value is -4.56. The van der Waals surface area contributed by atoms with Crippen molar-refractivity contribution in [2.45, 2.75) is 32.9 Å². The van der Waals surface area contributed by atoms with Crippen molar-refractivity contribution in [1.82, 2.24) is 19.9 Å². The summed E-state index contributed by atoms with van der Waals surface area (Å²) in [7, 11) is 3.34. The molecule has 41 heavy (non-hydrogen) atoms. The molecule has 212 valence electrons. The molecule has 8 nitrogen and oxygen atoms in total. The highest BCUT2D eigenvalue weighted by molar-refractivity contribution is 5.96. The maximum Gasteiger partial charge on any atom is 0.247 e. The summed E-state index contributed by atoms with van der Waals surface area (Å²) < 4.78 is 10.5. The van der Waals surface area contributed by atoms with Crippen LogP contribution in [0.5, 0.6) is 0 Å². The second-order valence-electron chi connectivity index (χ2n) is 9.93. The molecule has 0 radical (unpaired) electrons. The number of rotatable bonds is 12. The van der Waals surface area contributed by atoms with Gasteiger partial charge in [0, 0.05) is 57.7 Å². The smallest absolute Gasteiger partial charge is 0.247 e. The van der Waals surface area contributed by atoms with Crippen LogP contribution in [0.4, 0.5) is 0 Å². The third kappa shape index (κ3) is 7.77. The summed E-state index contributed by atoms with van der Waals surface area (Å²) in [5.74, 6) is 0.192. The standard InChI is InChI=1S/C33H36N4O4/c1-24-30(25(2)41-35-24)14-15-32(38)37(23-27-10-12-28(13-11-27)29-16-18-34-19-17-29)31(22-26-8-6-5-7-9-26)33(39)36(3)20-21-40-4/h5-19,31H,20-23H2,1-4H3. The minimum absolute atomic E-state index is 0.154. The second-order valence-corrected chi connectivity index (χ2v) is 9.93. The zero-order valence-electron chi connectivity index (χ0n) is 24.0. The van der Waals surface area contributed by atoms with E-state index in [1.807, 2.05) is 73.7 Å². The molecular weight excluding hydrogens is 516 g/mol. The summed E-state index contributed by atoms with van der Waals surface area (Å²) >= 11 is 0. The van der Waals surface area contributed by atoms with Gasteiger partial charge in [0.25, 0.3) is 0 Å². The number of aromatic nitrogens is 2. The first kappa shape index (κ1) is 29.4. The molecule has 2 aromatic carbocycles. The molecule has 1 atom stereocenters. The largest absolute Gasteiger partial charge is 0.383 e. The molecule has 0 aliphatic carbocycles. The number of pyridine rings is 1. The fraction of sp³-hybridized carbons (Fsp3) is 0.273. The minimum Gasteiger partial charge on any atom is -0.383 e. The summed E-state index contributed by atoms with van der Waals surface area (Å²) in [4.78, 5) is 35.2. The van der Waals surface area contributed by atoms with E-state index in [-0.39, 0.29) is 18.4 Å². The van der Waals surface area contributed by atoms with E-state index in [4.69, 9.17) is 9.26 Å². The first-order chi connectivity index (χ1) is 19.9. The Balaban J connectivity index is 1.69. The van der Waals surface area contributed by atoms with Crippen molar-refractivity contribution < 1.29 is 18.8 Å². The first-order valence-corrected chi connectivity index (χ1v) is 13.6. The van der Waals surface area contributed by atoms with Crippen molar-refractivity contribution in [2.75, 3.05) is 27.3 Å². The molecule has 0 aliphatic rings. The maximum atomic E-state index is 13.9. The van der Waals surface area contributed by atoms with Crippen molar-refractivity contribution in [3.05, 3.63) is 113 Å². The highest BCUT2D eigenvalue weighted by Gasteiger charge is 2.31. The number of aryl methyl sites for hydroxylation is 2. The third-order valence-electron chi connectivity index (χ3n) is 7.02. The normalized spacial score (nSPS) is 11.9. The lowest BCUT2D eigenvalue weighted by atomic mass is 10.0. The van der Waals surface area contributed by atoms with E-state index >= 15 is 0 Å². The fourth-order valence-electron chi connectivity index (χ4n) is 4.62. The van der Waals surface area contributed by atoms with Crippen molar-refractivity contribution >= 4 is 17.9 Å². The minimum atomic E-state index is -0.735. The number of ether oxygens (including phenoxy) is 1.